The third-order valence-electron chi connectivity index (χ3n) is 5.38. The number of hydrogen-bond acceptors (Lipinski definition) is 4. The van der Waals surface area contributed by atoms with Gasteiger partial charge in [-0.2, -0.15) is 0 Å². The number of halogens is 4. The fourth-order valence-corrected chi connectivity index (χ4v) is 4.91. The van der Waals surface area contributed by atoms with Gasteiger partial charge in [0.15, 0.2) is 5.17 Å². The van der Waals surface area contributed by atoms with Crippen LogP contribution in [0.1, 0.15) is 35.6 Å². The van der Waals surface area contributed by atoms with E-state index in [0.717, 1.165) is 11.6 Å². The molecule has 0 saturated carbocycles. The summed E-state index contributed by atoms with van der Waals surface area (Å²) in [5.41, 5.74) is 5.90. The minimum absolute atomic E-state index is 0.0483. The van der Waals surface area contributed by atoms with E-state index >= 15 is 0 Å². The average molecular weight is 410 g/mol. The molecular formula is C20H18F4N2OS. The van der Waals surface area contributed by atoms with E-state index in [4.69, 9.17) is 10.5 Å². The van der Waals surface area contributed by atoms with Gasteiger partial charge in [0.05, 0.1) is 12.7 Å². The van der Waals surface area contributed by atoms with E-state index in [0.29, 0.717) is 17.3 Å². The highest BCUT2D eigenvalue weighted by Gasteiger charge is 2.49. The molecule has 2 aliphatic heterocycles. The summed E-state index contributed by atoms with van der Waals surface area (Å²) in [4.78, 5) is 4.53. The first-order valence-electron chi connectivity index (χ1n) is 8.82. The lowest BCUT2D eigenvalue weighted by Gasteiger charge is -2.46. The fraction of sp³-hybridized carbons (Fsp3) is 0.350. The smallest absolute Gasteiger partial charge is 0.263 e. The Morgan fingerprint density at radius 2 is 1.89 bits per heavy atom. The van der Waals surface area contributed by atoms with Crippen LogP contribution in [0.3, 0.4) is 0 Å². The molecule has 1 saturated heterocycles. The molecule has 2 N–H and O–H groups in total. The Kier molecular flexibility index (Phi) is 5.09. The third kappa shape index (κ3) is 3.39. The van der Waals surface area contributed by atoms with E-state index in [-0.39, 0.29) is 29.8 Å². The van der Waals surface area contributed by atoms with Crippen LogP contribution in [-0.4, -0.2) is 17.5 Å². The number of nitrogens with two attached hydrogens (primary N) is 1. The van der Waals surface area contributed by atoms with Crippen molar-refractivity contribution < 1.29 is 22.3 Å². The van der Waals surface area contributed by atoms with Crippen LogP contribution in [0.4, 0.5) is 17.6 Å². The van der Waals surface area contributed by atoms with Crippen molar-refractivity contribution in [1.29, 1.82) is 0 Å². The Morgan fingerprint density at radius 3 is 2.57 bits per heavy atom. The maximum atomic E-state index is 14.6. The van der Waals surface area contributed by atoms with Crippen molar-refractivity contribution in [3.63, 3.8) is 0 Å². The van der Waals surface area contributed by atoms with Crippen LogP contribution in [-0.2, 0) is 10.3 Å². The maximum absolute atomic E-state index is 14.6. The first-order valence-corrected chi connectivity index (χ1v) is 9.81. The van der Waals surface area contributed by atoms with Crippen molar-refractivity contribution in [1.82, 2.24) is 0 Å². The highest BCUT2D eigenvalue weighted by Crippen LogP contribution is 2.49. The fourth-order valence-electron chi connectivity index (χ4n) is 3.90. The minimum Gasteiger partial charge on any atom is -0.379 e. The molecule has 0 aromatic heterocycles. The van der Waals surface area contributed by atoms with Crippen LogP contribution in [0, 0.1) is 17.6 Å². The predicted molar refractivity (Wildman–Crippen MR) is 100 cm³/mol. The van der Waals surface area contributed by atoms with E-state index in [1.54, 1.807) is 12.1 Å². The number of benzene rings is 2. The Hall–Kier alpha value is -2.06. The predicted octanol–water partition coefficient (Wildman–Crippen LogP) is 4.94. The SMILES string of the molecule is NC1=N[C@@]2(c3ccc(F)cc3F)CO[C@@H](c3ccc(C(F)F)cc3)C[C@H]2CS1. The molecule has 8 heteroatoms. The zero-order chi connectivity index (χ0) is 19.9. The summed E-state index contributed by atoms with van der Waals surface area (Å²) >= 11 is 1.39. The lowest BCUT2D eigenvalue weighted by atomic mass is 9.74. The van der Waals surface area contributed by atoms with Crippen molar-refractivity contribution in [3.8, 4) is 0 Å². The third-order valence-corrected chi connectivity index (χ3v) is 6.33. The van der Waals surface area contributed by atoms with Crippen LogP contribution < -0.4 is 5.73 Å². The minimum atomic E-state index is -2.53. The number of ether oxygens (including phenoxy) is 1. The van der Waals surface area contributed by atoms with E-state index in [1.807, 2.05) is 0 Å². The second-order valence-electron chi connectivity index (χ2n) is 7.01. The molecule has 148 valence electrons. The van der Waals surface area contributed by atoms with Crippen molar-refractivity contribution in [2.45, 2.75) is 24.5 Å². The van der Waals surface area contributed by atoms with Gasteiger partial charge in [-0.25, -0.2) is 22.6 Å². The van der Waals surface area contributed by atoms with Crippen molar-refractivity contribution in [3.05, 3.63) is 70.8 Å². The molecule has 0 spiro atoms. The van der Waals surface area contributed by atoms with Gasteiger partial charge >= 0.3 is 0 Å². The number of rotatable bonds is 3. The largest absolute Gasteiger partial charge is 0.379 e. The van der Waals surface area contributed by atoms with Crippen LogP contribution in [0.25, 0.3) is 0 Å². The Labute approximate surface area is 164 Å². The van der Waals surface area contributed by atoms with E-state index < -0.39 is 23.6 Å². The molecule has 1 fully saturated rings. The van der Waals surface area contributed by atoms with Gasteiger partial charge < -0.3 is 10.5 Å². The lowest BCUT2D eigenvalue weighted by Crippen LogP contribution is -2.48. The van der Waals surface area contributed by atoms with Crippen molar-refractivity contribution in [2.75, 3.05) is 12.4 Å². The molecule has 2 heterocycles. The second kappa shape index (κ2) is 7.40. The van der Waals surface area contributed by atoms with Gasteiger partial charge in [-0.05, 0) is 18.1 Å². The summed E-state index contributed by atoms with van der Waals surface area (Å²) in [5, 5.41) is 0.336. The van der Waals surface area contributed by atoms with Crippen molar-refractivity contribution >= 4 is 16.9 Å². The number of alkyl halides is 2. The van der Waals surface area contributed by atoms with Crippen LogP contribution in [0.15, 0.2) is 47.5 Å². The van der Waals surface area contributed by atoms with Gasteiger partial charge in [-0.3, -0.25) is 0 Å². The van der Waals surface area contributed by atoms with Gasteiger partial charge in [-0.1, -0.05) is 42.1 Å². The van der Waals surface area contributed by atoms with Gasteiger partial charge in [0, 0.05) is 28.9 Å². The van der Waals surface area contributed by atoms with Gasteiger partial charge in [0.2, 0.25) is 0 Å². The van der Waals surface area contributed by atoms with Gasteiger partial charge in [0.25, 0.3) is 6.43 Å². The molecule has 3 nitrogen and oxygen atoms in total. The number of fused-ring (bicyclic) bond motifs is 1. The summed E-state index contributed by atoms with van der Waals surface area (Å²) in [6.45, 7) is 0.0722. The first kappa shape index (κ1) is 19.3. The lowest BCUT2D eigenvalue weighted by molar-refractivity contribution is -0.0588. The maximum Gasteiger partial charge on any atom is 0.263 e. The van der Waals surface area contributed by atoms with Crippen molar-refractivity contribution in [2.24, 2.45) is 16.6 Å². The standard InChI is InChI=1S/C20H18F4N2OS/c21-14-5-6-15(16(22)8-14)20-10-27-17(7-13(20)9-28-19(25)26-20)11-1-3-12(4-2-11)18(23)24/h1-6,8,13,17-18H,7,9-10H2,(H2,25,26)/t13-,17+,20-/m0/s1. The number of thioether (sulfide) groups is 1. The zero-order valence-electron chi connectivity index (χ0n) is 14.7. The van der Waals surface area contributed by atoms with E-state index in [1.165, 1.54) is 36.0 Å². The number of nitrogens with zero attached hydrogens (tertiary/aromatic N) is 1. The molecule has 2 aromatic carbocycles. The quantitative estimate of drug-likeness (QED) is 0.730. The first-order chi connectivity index (χ1) is 13.4. The summed E-state index contributed by atoms with van der Waals surface area (Å²) in [7, 11) is 0. The highest BCUT2D eigenvalue weighted by molar-refractivity contribution is 8.13. The number of aliphatic imine (C=N–C) groups is 1. The molecule has 0 bridgehead atoms. The van der Waals surface area contributed by atoms with Crippen LogP contribution in [0.5, 0.6) is 0 Å². The van der Waals surface area contributed by atoms with Crippen LogP contribution in [0.2, 0.25) is 0 Å². The van der Waals surface area contributed by atoms with Crippen LogP contribution >= 0.6 is 11.8 Å². The monoisotopic (exact) mass is 410 g/mol. The number of hydrogen-bond donors (Lipinski definition) is 1. The molecule has 0 aliphatic carbocycles. The summed E-state index contributed by atoms with van der Waals surface area (Å²) in [6.07, 6.45) is -2.32. The Bertz CT molecular complexity index is 906. The summed E-state index contributed by atoms with van der Waals surface area (Å²) in [6, 6.07) is 9.46. The molecule has 2 aliphatic rings. The molecule has 0 radical (unpaired) electrons. The van der Waals surface area contributed by atoms with E-state index in [9.17, 15) is 17.6 Å². The molecular weight excluding hydrogens is 392 g/mol. The molecule has 0 unspecified atom stereocenters. The van der Waals surface area contributed by atoms with Gasteiger partial charge in [0.1, 0.15) is 17.2 Å². The summed E-state index contributed by atoms with van der Waals surface area (Å²) in [5.74, 6) is -0.832. The zero-order valence-corrected chi connectivity index (χ0v) is 15.6. The van der Waals surface area contributed by atoms with Gasteiger partial charge in [-0.15, -0.1) is 0 Å². The summed E-state index contributed by atoms with van der Waals surface area (Å²) < 4.78 is 59.5. The molecule has 3 atom stereocenters. The highest BCUT2D eigenvalue weighted by atomic mass is 32.2. The van der Waals surface area contributed by atoms with E-state index in [2.05, 4.69) is 4.99 Å². The normalized spacial score (nSPS) is 27.4. The topological polar surface area (TPSA) is 47.6 Å². The second-order valence-corrected chi connectivity index (χ2v) is 8.05. The molecule has 4 rings (SSSR count). The molecule has 28 heavy (non-hydrogen) atoms. The average Bonchev–Trinajstić information content (AvgIpc) is 2.67. The molecule has 2 aromatic rings. The Balaban J connectivity index is 1.66. The Morgan fingerprint density at radius 1 is 1.14 bits per heavy atom. The number of amidine groups is 1. The molecule has 0 amide bonds.